The van der Waals surface area contributed by atoms with E-state index in [1.807, 2.05) is 0 Å². The van der Waals surface area contributed by atoms with Crippen molar-refractivity contribution in [2.75, 3.05) is 5.32 Å². The Hall–Kier alpha value is -1.29. The molecule has 104 valence electrons. The van der Waals surface area contributed by atoms with Gasteiger partial charge < -0.3 is 5.32 Å². The first-order chi connectivity index (χ1) is 9.08. The molecule has 1 atom stereocenters. The summed E-state index contributed by atoms with van der Waals surface area (Å²) >= 11 is 6.10. The monoisotopic (exact) mass is 282 g/mol. The van der Waals surface area contributed by atoms with E-state index in [1.165, 1.54) is 44.2 Å². The van der Waals surface area contributed by atoms with Gasteiger partial charge >= 0.3 is 0 Å². The number of nitro groups is 1. The van der Waals surface area contributed by atoms with Crippen molar-refractivity contribution in [3.8, 4) is 0 Å². The van der Waals surface area contributed by atoms with Gasteiger partial charge in [-0.1, -0.05) is 30.9 Å². The lowest BCUT2D eigenvalue weighted by Crippen LogP contribution is -2.27. The van der Waals surface area contributed by atoms with Gasteiger partial charge in [0.05, 0.1) is 15.6 Å². The Morgan fingerprint density at radius 1 is 1.37 bits per heavy atom. The SMILES string of the molecule is CC(Nc1cc([N+](=O)[O-])ccc1Cl)C1CCCCC1. The molecule has 0 amide bonds. The molecule has 2 rings (SSSR count). The maximum Gasteiger partial charge on any atom is 0.271 e. The molecule has 1 saturated carbocycles. The predicted molar refractivity (Wildman–Crippen MR) is 77.8 cm³/mol. The summed E-state index contributed by atoms with van der Waals surface area (Å²) in [5, 5.41) is 14.7. The summed E-state index contributed by atoms with van der Waals surface area (Å²) in [4.78, 5) is 10.4. The van der Waals surface area contributed by atoms with E-state index in [1.54, 1.807) is 6.07 Å². The Morgan fingerprint density at radius 3 is 2.68 bits per heavy atom. The first-order valence-electron chi connectivity index (χ1n) is 6.78. The van der Waals surface area contributed by atoms with Gasteiger partial charge in [-0.05, 0) is 31.7 Å². The minimum Gasteiger partial charge on any atom is -0.381 e. The van der Waals surface area contributed by atoms with Crippen LogP contribution in [0.4, 0.5) is 11.4 Å². The second-order valence-electron chi connectivity index (χ2n) is 5.25. The second kappa shape index (κ2) is 6.24. The number of hydrogen-bond donors (Lipinski definition) is 1. The van der Waals surface area contributed by atoms with Crippen molar-refractivity contribution in [1.82, 2.24) is 0 Å². The maximum atomic E-state index is 10.8. The Balaban J connectivity index is 2.08. The minimum atomic E-state index is -0.396. The zero-order valence-electron chi connectivity index (χ0n) is 11.1. The highest BCUT2D eigenvalue weighted by atomic mass is 35.5. The third-order valence-corrected chi connectivity index (χ3v) is 4.23. The molecule has 0 saturated heterocycles. The fraction of sp³-hybridized carbons (Fsp3) is 0.571. The van der Waals surface area contributed by atoms with Gasteiger partial charge in [0.15, 0.2) is 0 Å². The Labute approximate surface area is 118 Å². The molecule has 1 aromatic carbocycles. The van der Waals surface area contributed by atoms with Crippen LogP contribution in [0.15, 0.2) is 18.2 Å². The van der Waals surface area contributed by atoms with E-state index < -0.39 is 4.92 Å². The van der Waals surface area contributed by atoms with Crippen molar-refractivity contribution in [2.45, 2.75) is 45.1 Å². The molecule has 0 aliphatic heterocycles. The molecular weight excluding hydrogens is 264 g/mol. The molecule has 1 unspecified atom stereocenters. The molecule has 1 aliphatic rings. The number of rotatable bonds is 4. The predicted octanol–water partition coefficient (Wildman–Crippen LogP) is 4.63. The van der Waals surface area contributed by atoms with Crippen LogP contribution in [0, 0.1) is 16.0 Å². The van der Waals surface area contributed by atoms with Crippen LogP contribution in [0.2, 0.25) is 5.02 Å². The summed E-state index contributed by atoms with van der Waals surface area (Å²) < 4.78 is 0. The molecule has 5 heteroatoms. The van der Waals surface area contributed by atoms with Crippen molar-refractivity contribution in [1.29, 1.82) is 0 Å². The standard InChI is InChI=1S/C14H19ClN2O2/c1-10(11-5-3-2-4-6-11)16-14-9-12(17(18)19)7-8-13(14)15/h7-11,16H,2-6H2,1H3. The van der Waals surface area contributed by atoms with Crippen LogP contribution < -0.4 is 5.32 Å². The number of nitro benzene ring substituents is 1. The number of nitrogens with one attached hydrogen (secondary N) is 1. The molecule has 1 fully saturated rings. The topological polar surface area (TPSA) is 55.2 Å². The number of halogens is 1. The summed E-state index contributed by atoms with van der Waals surface area (Å²) in [6.07, 6.45) is 6.32. The first-order valence-corrected chi connectivity index (χ1v) is 7.16. The van der Waals surface area contributed by atoms with Crippen molar-refractivity contribution in [3.63, 3.8) is 0 Å². The highest BCUT2D eigenvalue weighted by molar-refractivity contribution is 6.33. The molecule has 4 nitrogen and oxygen atoms in total. The van der Waals surface area contributed by atoms with Gasteiger partial charge in [-0.2, -0.15) is 0 Å². The number of hydrogen-bond acceptors (Lipinski definition) is 3. The summed E-state index contributed by atoms with van der Waals surface area (Å²) in [6, 6.07) is 4.82. The average Bonchev–Trinajstić information content (AvgIpc) is 2.42. The summed E-state index contributed by atoms with van der Waals surface area (Å²) in [6.45, 7) is 2.13. The van der Waals surface area contributed by atoms with E-state index >= 15 is 0 Å². The van der Waals surface area contributed by atoms with Crippen LogP contribution in [-0.4, -0.2) is 11.0 Å². The van der Waals surface area contributed by atoms with Crippen LogP contribution in [0.3, 0.4) is 0 Å². The smallest absolute Gasteiger partial charge is 0.271 e. The molecule has 1 aliphatic carbocycles. The summed E-state index contributed by atoms with van der Waals surface area (Å²) in [5.74, 6) is 0.629. The molecule has 0 bridgehead atoms. The highest BCUT2D eigenvalue weighted by Gasteiger charge is 2.21. The van der Waals surface area contributed by atoms with E-state index in [9.17, 15) is 10.1 Å². The quantitative estimate of drug-likeness (QED) is 0.647. The molecule has 0 radical (unpaired) electrons. The lowest BCUT2D eigenvalue weighted by molar-refractivity contribution is -0.384. The lowest BCUT2D eigenvalue weighted by Gasteiger charge is -2.29. The van der Waals surface area contributed by atoms with Crippen LogP contribution >= 0.6 is 11.6 Å². The minimum absolute atomic E-state index is 0.0720. The van der Waals surface area contributed by atoms with Crippen molar-refractivity contribution in [3.05, 3.63) is 33.3 Å². The fourth-order valence-corrected chi connectivity index (χ4v) is 2.91. The molecular formula is C14H19ClN2O2. The summed E-state index contributed by atoms with van der Waals surface area (Å²) in [5.41, 5.74) is 0.733. The second-order valence-corrected chi connectivity index (χ2v) is 5.66. The molecule has 19 heavy (non-hydrogen) atoms. The normalized spacial score (nSPS) is 18.0. The fourth-order valence-electron chi connectivity index (χ4n) is 2.73. The van der Waals surface area contributed by atoms with Gasteiger partial charge in [-0.25, -0.2) is 0 Å². The van der Waals surface area contributed by atoms with Gasteiger partial charge in [0.2, 0.25) is 0 Å². The third kappa shape index (κ3) is 3.60. The van der Waals surface area contributed by atoms with E-state index in [4.69, 9.17) is 11.6 Å². The van der Waals surface area contributed by atoms with E-state index in [-0.39, 0.29) is 5.69 Å². The third-order valence-electron chi connectivity index (χ3n) is 3.90. The molecule has 1 N–H and O–H groups in total. The maximum absolute atomic E-state index is 10.8. The zero-order valence-corrected chi connectivity index (χ0v) is 11.8. The van der Waals surface area contributed by atoms with E-state index in [0.717, 1.165) is 0 Å². The van der Waals surface area contributed by atoms with Gasteiger partial charge in [0.1, 0.15) is 0 Å². The van der Waals surface area contributed by atoms with Crippen molar-refractivity contribution >= 4 is 23.0 Å². The van der Waals surface area contributed by atoms with Crippen LogP contribution in [0.25, 0.3) is 0 Å². The number of anilines is 1. The van der Waals surface area contributed by atoms with Gasteiger partial charge in [-0.15, -0.1) is 0 Å². The van der Waals surface area contributed by atoms with E-state index in [2.05, 4.69) is 12.2 Å². The number of benzene rings is 1. The van der Waals surface area contributed by atoms with Gasteiger partial charge in [0, 0.05) is 18.2 Å². The van der Waals surface area contributed by atoms with Gasteiger partial charge in [0.25, 0.3) is 5.69 Å². The van der Waals surface area contributed by atoms with Gasteiger partial charge in [-0.3, -0.25) is 10.1 Å². The average molecular weight is 283 g/mol. The largest absolute Gasteiger partial charge is 0.381 e. The highest BCUT2D eigenvalue weighted by Crippen LogP contribution is 2.31. The lowest BCUT2D eigenvalue weighted by atomic mass is 9.84. The molecule has 0 aromatic heterocycles. The molecule has 0 heterocycles. The Kier molecular flexibility index (Phi) is 4.64. The number of non-ortho nitro benzene ring substituents is 1. The Morgan fingerprint density at radius 2 is 2.05 bits per heavy atom. The van der Waals surface area contributed by atoms with Crippen LogP contribution in [-0.2, 0) is 0 Å². The molecule has 0 spiro atoms. The molecule has 1 aromatic rings. The zero-order chi connectivity index (χ0) is 13.8. The summed E-state index contributed by atoms with van der Waals surface area (Å²) in [7, 11) is 0. The first kappa shape index (κ1) is 14.1. The Bertz CT molecular complexity index is 459. The van der Waals surface area contributed by atoms with Crippen LogP contribution in [0.5, 0.6) is 0 Å². The van der Waals surface area contributed by atoms with E-state index in [0.29, 0.717) is 22.7 Å². The van der Waals surface area contributed by atoms with Crippen molar-refractivity contribution < 1.29 is 4.92 Å². The van der Waals surface area contributed by atoms with Crippen LogP contribution in [0.1, 0.15) is 39.0 Å². The van der Waals surface area contributed by atoms with Crippen molar-refractivity contribution in [2.24, 2.45) is 5.92 Å². The number of nitrogens with zero attached hydrogens (tertiary/aromatic N) is 1.